The van der Waals surface area contributed by atoms with E-state index in [-0.39, 0.29) is 17.9 Å². The molecule has 0 radical (unpaired) electrons. The Labute approximate surface area is 188 Å². The second-order valence-corrected chi connectivity index (χ2v) is 7.28. The molecule has 0 saturated heterocycles. The van der Waals surface area contributed by atoms with Gasteiger partial charge in [-0.1, -0.05) is 25.1 Å². The number of hydrogen-bond donors (Lipinski definition) is 2. The van der Waals surface area contributed by atoms with E-state index >= 15 is 0 Å². The van der Waals surface area contributed by atoms with E-state index in [2.05, 4.69) is 10.6 Å². The molecule has 0 bridgehead atoms. The van der Waals surface area contributed by atoms with Gasteiger partial charge in [-0.2, -0.15) is 0 Å². The first kappa shape index (κ1) is 22.9. The molecule has 2 amide bonds. The second kappa shape index (κ2) is 11.0. The topological polar surface area (TPSA) is 76.7 Å². The maximum Gasteiger partial charge on any atom is 0.257 e. The van der Waals surface area contributed by atoms with E-state index in [0.717, 1.165) is 12.2 Å². The molecule has 0 spiro atoms. The summed E-state index contributed by atoms with van der Waals surface area (Å²) in [5.41, 5.74) is 1.87. The van der Waals surface area contributed by atoms with Crippen molar-refractivity contribution in [2.24, 2.45) is 0 Å². The average Bonchev–Trinajstić information content (AvgIpc) is 2.81. The van der Waals surface area contributed by atoms with Gasteiger partial charge in [0.2, 0.25) is 0 Å². The van der Waals surface area contributed by atoms with Gasteiger partial charge in [-0.15, -0.1) is 0 Å². The fourth-order valence-corrected chi connectivity index (χ4v) is 3.01. The smallest absolute Gasteiger partial charge is 0.257 e. The Morgan fingerprint density at radius 3 is 2.31 bits per heavy atom. The highest BCUT2D eigenvalue weighted by Crippen LogP contribution is 2.22. The number of benzene rings is 3. The van der Waals surface area contributed by atoms with Gasteiger partial charge in [0.25, 0.3) is 11.8 Å². The van der Waals surface area contributed by atoms with Crippen LogP contribution in [-0.2, 0) is 0 Å². The van der Waals surface area contributed by atoms with Crippen molar-refractivity contribution >= 4 is 23.2 Å². The molecule has 0 aromatic heterocycles. The van der Waals surface area contributed by atoms with E-state index in [1.807, 2.05) is 26.8 Å². The fraction of sp³-hybridized carbons (Fsp3) is 0.231. The van der Waals surface area contributed by atoms with Crippen molar-refractivity contribution < 1.29 is 19.1 Å². The number of ether oxygens (including phenoxy) is 2. The number of carbonyl (C=O) groups excluding carboxylic acids is 2. The SMILES string of the molecule is CCOc1ccc(NC(=O)c2ccccc2NC(=O)c2cccc(OC(C)CC)c2)cc1. The zero-order valence-electron chi connectivity index (χ0n) is 18.6. The van der Waals surface area contributed by atoms with Crippen LogP contribution < -0.4 is 20.1 Å². The quantitative estimate of drug-likeness (QED) is 0.450. The molecule has 166 valence electrons. The van der Waals surface area contributed by atoms with E-state index in [0.29, 0.717) is 34.9 Å². The minimum atomic E-state index is -0.320. The molecule has 6 nitrogen and oxygen atoms in total. The molecular weight excluding hydrogens is 404 g/mol. The normalized spacial score (nSPS) is 11.3. The molecule has 3 aromatic carbocycles. The Morgan fingerprint density at radius 2 is 1.59 bits per heavy atom. The third-order valence-electron chi connectivity index (χ3n) is 4.85. The summed E-state index contributed by atoms with van der Waals surface area (Å²) in [5.74, 6) is 0.728. The van der Waals surface area contributed by atoms with Crippen molar-refractivity contribution in [1.29, 1.82) is 0 Å². The zero-order chi connectivity index (χ0) is 22.9. The van der Waals surface area contributed by atoms with Gasteiger partial charge in [-0.05, 0) is 74.9 Å². The van der Waals surface area contributed by atoms with Crippen LogP contribution in [0.2, 0.25) is 0 Å². The van der Waals surface area contributed by atoms with Crippen molar-refractivity contribution in [2.75, 3.05) is 17.2 Å². The molecular formula is C26H28N2O4. The Bertz CT molecular complexity index is 1060. The predicted octanol–water partition coefficient (Wildman–Crippen LogP) is 5.77. The standard InChI is InChI=1S/C26H28N2O4/c1-4-18(3)32-22-10-8-9-19(17-22)25(29)28-24-12-7-6-11-23(24)26(30)27-20-13-15-21(16-14-20)31-5-2/h6-18H,4-5H2,1-3H3,(H,27,30)(H,28,29). The number of anilines is 2. The molecule has 0 heterocycles. The highest BCUT2D eigenvalue weighted by Gasteiger charge is 2.15. The number of rotatable bonds is 9. The van der Waals surface area contributed by atoms with Crippen LogP contribution in [0.15, 0.2) is 72.8 Å². The molecule has 0 saturated carbocycles. The first-order chi connectivity index (χ1) is 15.5. The molecule has 3 aromatic rings. The van der Waals surface area contributed by atoms with Crippen LogP contribution in [0, 0.1) is 0 Å². The van der Waals surface area contributed by atoms with Gasteiger partial charge in [-0.25, -0.2) is 0 Å². The lowest BCUT2D eigenvalue weighted by molar-refractivity contribution is 0.102. The van der Waals surface area contributed by atoms with Crippen molar-refractivity contribution in [3.05, 3.63) is 83.9 Å². The van der Waals surface area contributed by atoms with Crippen molar-refractivity contribution in [3.63, 3.8) is 0 Å². The lowest BCUT2D eigenvalue weighted by atomic mass is 10.1. The first-order valence-electron chi connectivity index (χ1n) is 10.7. The molecule has 0 aliphatic heterocycles. The summed E-state index contributed by atoms with van der Waals surface area (Å²) >= 11 is 0. The summed E-state index contributed by atoms with van der Waals surface area (Å²) in [6.45, 7) is 6.50. The number of amides is 2. The molecule has 1 unspecified atom stereocenters. The largest absolute Gasteiger partial charge is 0.494 e. The highest BCUT2D eigenvalue weighted by molar-refractivity contribution is 6.12. The van der Waals surface area contributed by atoms with Crippen LogP contribution in [-0.4, -0.2) is 24.5 Å². The van der Waals surface area contributed by atoms with Crippen LogP contribution in [0.25, 0.3) is 0 Å². The Morgan fingerprint density at radius 1 is 0.844 bits per heavy atom. The van der Waals surface area contributed by atoms with Gasteiger partial charge in [-0.3, -0.25) is 9.59 Å². The molecule has 0 aliphatic carbocycles. The summed E-state index contributed by atoms with van der Waals surface area (Å²) in [4.78, 5) is 25.7. The van der Waals surface area contributed by atoms with E-state index in [1.54, 1.807) is 66.7 Å². The summed E-state index contributed by atoms with van der Waals surface area (Å²) in [7, 11) is 0. The van der Waals surface area contributed by atoms with E-state index < -0.39 is 0 Å². The monoisotopic (exact) mass is 432 g/mol. The lowest BCUT2D eigenvalue weighted by Gasteiger charge is -2.14. The van der Waals surface area contributed by atoms with Crippen molar-refractivity contribution in [3.8, 4) is 11.5 Å². The molecule has 2 N–H and O–H groups in total. The van der Waals surface area contributed by atoms with Gasteiger partial charge in [0.1, 0.15) is 11.5 Å². The lowest BCUT2D eigenvalue weighted by Crippen LogP contribution is -2.18. The second-order valence-electron chi connectivity index (χ2n) is 7.28. The molecule has 0 fully saturated rings. The molecule has 3 rings (SSSR count). The number of carbonyl (C=O) groups is 2. The fourth-order valence-electron chi connectivity index (χ4n) is 3.01. The van der Waals surface area contributed by atoms with E-state index in [4.69, 9.17) is 9.47 Å². The molecule has 6 heteroatoms. The molecule has 32 heavy (non-hydrogen) atoms. The van der Waals surface area contributed by atoms with Crippen LogP contribution in [0.4, 0.5) is 11.4 Å². The number of hydrogen-bond acceptors (Lipinski definition) is 4. The number of nitrogens with one attached hydrogen (secondary N) is 2. The van der Waals surface area contributed by atoms with Crippen LogP contribution in [0.5, 0.6) is 11.5 Å². The van der Waals surface area contributed by atoms with Gasteiger partial charge < -0.3 is 20.1 Å². The van der Waals surface area contributed by atoms with Crippen LogP contribution in [0.1, 0.15) is 47.9 Å². The summed E-state index contributed by atoms with van der Waals surface area (Å²) < 4.78 is 11.2. The summed E-state index contributed by atoms with van der Waals surface area (Å²) in [5, 5.41) is 5.69. The molecule has 1 atom stereocenters. The maximum absolute atomic E-state index is 12.9. The first-order valence-corrected chi connectivity index (χ1v) is 10.7. The minimum Gasteiger partial charge on any atom is -0.494 e. The predicted molar refractivity (Wildman–Crippen MR) is 127 cm³/mol. The van der Waals surface area contributed by atoms with Crippen LogP contribution in [0.3, 0.4) is 0 Å². The van der Waals surface area contributed by atoms with E-state index in [9.17, 15) is 9.59 Å². The maximum atomic E-state index is 12.9. The summed E-state index contributed by atoms with van der Waals surface area (Å²) in [6.07, 6.45) is 0.924. The number of para-hydroxylation sites is 1. The van der Waals surface area contributed by atoms with Gasteiger partial charge in [0.15, 0.2) is 0 Å². The average molecular weight is 433 g/mol. The highest BCUT2D eigenvalue weighted by atomic mass is 16.5. The zero-order valence-corrected chi connectivity index (χ0v) is 18.6. The Kier molecular flexibility index (Phi) is 7.86. The Balaban J connectivity index is 1.73. The van der Waals surface area contributed by atoms with Crippen molar-refractivity contribution in [2.45, 2.75) is 33.3 Å². The summed E-state index contributed by atoms with van der Waals surface area (Å²) in [6, 6.07) is 21.0. The van der Waals surface area contributed by atoms with Crippen LogP contribution >= 0.6 is 0 Å². The minimum absolute atomic E-state index is 0.0559. The molecule has 0 aliphatic rings. The van der Waals surface area contributed by atoms with Crippen molar-refractivity contribution in [1.82, 2.24) is 0 Å². The Hall–Kier alpha value is -3.80. The third kappa shape index (κ3) is 6.11. The van der Waals surface area contributed by atoms with E-state index in [1.165, 1.54) is 0 Å². The van der Waals surface area contributed by atoms with Gasteiger partial charge in [0.05, 0.1) is 24.0 Å². The van der Waals surface area contributed by atoms with Gasteiger partial charge in [0, 0.05) is 11.3 Å². The van der Waals surface area contributed by atoms with Gasteiger partial charge >= 0.3 is 0 Å². The third-order valence-corrected chi connectivity index (χ3v) is 4.85.